The first kappa shape index (κ1) is 9.35. The van der Waals surface area contributed by atoms with Gasteiger partial charge in [-0.2, -0.15) is 11.8 Å². The predicted octanol–water partition coefficient (Wildman–Crippen LogP) is 2.99. The zero-order valence-electron chi connectivity index (χ0n) is 6.90. The fourth-order valence-electron chi connectivity index (χ4n) is 0.392. The minimum atomic E-state index is 0.199. The summed E-state index contributed by atoms with van der Waals surface area (Å²) in [5.41, 5.74) is 0. The van der Waals surface area contributed by atoms with Gasteiger partial charge in [0.05, 0.1) is 0 Å². The van der Waals surface area contributed by atoms with Crippen molar-refractivity contribution in [3.8, 4) is 0 Å². The molecule has 0 aromatic heterocycles. The normalized spacial score (nSPS) is 12.7. The van der Waals surface area contributed by atoms with E-state index >= 15 is 0 Å². The van der Waals surface area contributed by atoms with Crippen LogP contribution in [0, 0.1) is 12.8 Å². The monoisotopic (exact) mass is 145 g/mol. The summed E-state index contributed by atoms with van der Waals surface area (Å²) in [6.45, 7) is 12.8. The third-order valence-corrected chi connectivity index (χ3v) is 2.42. The molecule has 0 nitrogen and oxygen atoms in total. The molecule has 0 spiro atoms. The first-order valence-corrected chi connectivity index (χ1v) is 4.39. The van der Waals surface area contributed by atoms with Gasteiger partial charge in [0.1, 0.15) is 0 Å². The maximum atomic E-state index is 4.01. The van der Waals surface area contributed by atoms with Crippen LogP contribution in [0.1, 0.15) is 27.7 Å². The van der Waals surface area contributed by atoms with Crippen LogP contribution in [0.25, 0.3) is 0 Å². The van der Waals surface area contributed by atoms with Crippen LogP contribution in [0.3, 0.4) is 0 Å². The number of hydrogen-bond donors (Lipinski definition) is 0. The van der Waals surface area contributed by atoms with Gasteiger partial charge >= 0.3 is 0 Å². The van der Waals surface area contributed by atoms with E-state index in [9.17, 15) is 0 Å². The van der Waals surface area contributed by atoms with Crippen molar-refractivity contribution in [3.63, 3.8) is 0 Å². The molecule has 0 N–H and O–H groups in total. The van der Waals surface area contributed by atoms with E-state index in [-0.39, 0.29) is 4.75 Å². The lowest BCUT2D eigenvalue weighted by molar-refractivity contribution is 0.742. The van der Waals surface area contributed by atoms with Crippen molar-refractivity contribution in [1.82, 2.24) is 0 Å². The van der Waals surface area contributed by atoms with Gasteiger partial charge in [-0.25, -0.2) is 0 Å². The summed E-state index contributed by atoms with van der Waals surface area (Å²) in [6, 6.07) is 0. The molecule has 0 heterocycles. The first-order valence-electron chi connectivity index (χ1n) is 3.41. The van der Waals surface area contributed by atoms with Gasteiger partial charge in [-0.15, -0.1) is 0 Å². The molecule has 0 aromatic carbocycles. The van der Waals surface area contributed by atoms with E-state index < -0.39 is 0 Å². The molecule has 0 amide bonds. The van der Waals surface area contributed by atoms with E-state index in [1.165, 1.54) is 5.75 Å². The molecule has 1 heteroatoms. The van der Waals surface area contributed by atoms with Crippen molar-refractivity contribution >= 4 is 11.8 Å². The molecule has 0 saturated carbocycles. The third-order valence-electron chi connectivity index (χ3n) is 0.807. The van der Waals surface area contributed by atoms with Crippen molar-refractivity contribution in [2.24, 2.45) is 5.92 Å². The summed E-state index contributed by atoms with van der Waals surface area (Å²) in [6.07, 6.45) is 0. The molecule has 0 aliphatic rings. The molecular weight excluding hydrogens is 128 g/mol. The molecule has 0 atom stereocenters. The predicted molar refractivity (Wildman–Crippen MR) is 46.7 cm³/mol. The average molecular weight is 145 g/mol. The second-order valence-electron chi connectivity index (χ2n) is 3.46. The van der Waals surface area contributed by atoms with Gasteiger partial charge in [-0.1, -0.05) is 27.7 Å². The lowest BCUT2D eigenvalue weighted by Gasteiger charge is -2.18. The van der Waals surface area contributed by atoms with Gasteiger partial charge in [0.15, 0.2) is 0 Å². The van der Waals surface area contributed by atoms with Crippen LogP contribution < -0.4 is 0 Å². The van der Waals surface area contributed by atoms with Gasteiger partial charge in [0.25, 0.3) is 0 Å². The van der Waals surface area contributed by atoms with Crippen LogP contribution in [0.15, 0.2) is 0 Å². The number of rotatable bonds is 3. The first-order chi connectivity index (χ1) is 3.92. The molecule has 9 heavy (non-hydrogen) atoms. The summed E-state index contributed by atoms with van der Waals surface area (Å²) in [7, 11) is 0. The Morgan fingerprint density at radius 3 is 2.00 bits per heavy atom. The smallest absolute Gasteiger partial charge is 0.0104 e. The second kappa shape index (κ2) is 3.50. The molecule has 0 fully saturated rings. The molecule has 0 aliphatic carbocycles. The van der Waals surface area contributed by atoms with Crippen LogP contribution in [0.4, 0.5) is 0 Å². The Morgan fingerprint density at radius 1 is 1.44 bits per heavy atom. The third kappa shape index (κ3) is 8.35. The zero-order valence-corrected chi connectivity index (χ0v) is 7.72. The molecule has 0 unspecified atom stereocenters. The minimum Gasteiger partial charge on any atom is -0.155 e. The molecular formula is C8H17S. The van der Waals surface area contributed by atoms with E-state index in [1.807, 2.05) is 11.8 Å². The highest BCUT2D eigenvalue weighted by molar-refractivity contribution is 8.00. The summed E-state index contributed by atoms with van der Waals surface area (Å²) >= 11 is 1.93. The summed E-state index contributed by atoms with van der Waals surface area (Å²) in [5.74, 6) is 2.01. The van der Waals surface area contributed by atoms with E-state index in [0.717, 1.165) is 5.92 Å². The Balaban J connectivity index is 3.28. The van der Waals surface area contributed by atoms with Crippen LogP contribution in [0.5, 0.6) is 0 Å². The van der Waals surface area contributed by atoms with Gasteiger partial charge in [-0.3, -0.25) is 0 Å². The van der Waals surface area contributed by atoms with E-state index in [4.69, 9.17) is 0 Å². The lowest BCUT2D eigenvalue weighted by Crippen LogP contribution is -2.10. The van der Waals surface area contributed by atoms with Gasteiger partial charge in [0, 0.05) is 4.75 Å². The summed E-state index contributed by atoms with van der Waals surface area (Å²) in [4.78, 5) is 0. The molecule has 0 aromatic rings. The SMILES string of the molecule is [CH2]C(C)(C)SCC(C)C. The van der Waals surface area contributed by atoms with E-state index in [2.05, 4.69) is 34.6 Å². The molecule has 0 saturated heterocycles. The molecule has 0 aliphatic heterocycles. The molecule has 0 bridgehead atoms. The highest BCUT2D eigenvalue weighted by Crippen LogP contribution is 2.24. The maximum absolute atomic E-state index is 4.01. The Kier molecular flexibility index (Phi) is 3.64. The largest absolute Gasteiger partial charge is 0.155 e. The highest BCUT2D eigenvalue weighted by atomic mass is 32.2. The minimum absolute atomic E-state index is 0.199. The van der Waals surface area contributed by atoms with Crippen LogP contribution in [-0.4, -0.2) is 10.5 Å². The maximum Gasteiger partial charge on any atom is 0.0104 e. The van der Waals surface area contributed by atoms with Crippen LogP contribution >= 0.6 is 11.8 Å². The zero-order chi connectivity index (χ0) is 7.49. The molecule has 55 valence electrons. The van der Waals surface area contributed by atoms with Crippen molar-refractivity contribution in [2.75, 3.05) is 5.75 Å². The van der Waals surface area contributed by atoms with Gasteiger partial charge in [-0.05, 0) is 18.6 Å². The van der Waals surface area contributed by atoms with Crippen molar-refractivity contribution in [1.29, 1.82) is 0 Å². The second-order valence-corrected chi connectivity index (χ2v) is 5.19. The Hall–Kier alpha value is 0.350. The highest BCUT2D eigenvalue weighted by Gasteiger charge is 2.10. The summed E-state index contributed by atoms with van der Waals surface area (Å²) < 4.78 is 0.199. The van der Waals surface area contributed by atoms with Crippen molar-refractivity contribution in [3.05, 3.63) is 6.92 Å². The average Bonchev–Trinajstić information content (AvgIpc) is 1.59. The van der Waals surface area contributed by atoms with E-state index in [1.54, 1.807) is 0 Å². The quantitative estimate of drug-likeness (QED) is 0.588. The fraction of sp³-hybridized carbons (Fsp3) is 0.875. The van der Waals surface area contributed by atoms with E-state index in [0.29, 0.717) is 0 Å². The lowest BCUT2D eigenvalue weighted by atomic mass is 10.2. The molecule has 0 rings (SSSR count). The van der Waals surface area contributed by atoms with Crippen LogP contribution in [-0.2, 0) is 0 Å². The van der Waals surface area contributed by atoms with Crippen LogP contribution in [0.2, 0.25) is 0 Å². The molecule has 1 radical (unpaired) electrons. The van der Waals surface area contributed by atoms with Crippen molar-refractivity contribution < 1.29 is 0 Å². The van der Waals surface area contributed by atoms with Crippen molar-refractivity contribution in [2.45, 2.75) is 32.4 Å². The summed E-state index contributed by atoms with van der Waals surface area (Å²) in [5, 5.41) is 0. The Morgan fingerprint density at radius 2 is 1.89 bits per heavy atom. The Labute approximate surface area is 63.4 Å². The standard InChI is InChI=1S/C8H17S/c1-7(2)6-9-8(3,4)5/h7H,3,6H2,1-2,4-5H3. The number of hydrogen-bond acceptors (Lipinski definition) is 1. The van der Waals surface area contributed by atoms with Gasteiger partial charge in [0.2, 0.25) is 0 Å². The Bertz CT molecular complexity index is 69.1. The number of thioether (sulfide) groups is 1. The van der Waals surface area contributed by atoms with Gasteiger partial charge < -0.3 is 0 Å². The fourth-order valence-corrected chi connectivity index (χ4v) is 1.18. The topological polar surface area (TPSA) is 0 Å².